The van der Waals surface area contributed by atoms with Crippen LogP contribution in [0.3, 0.4) is 0 Å². The van der Waals surface area contributed by atoms with Gasteiger partial charge in [-0.1, -0.05) is 11.6 Å². The predicted molar refractivity (Wildman–Crippen MR) is 52.6 cm³/mol. The summed E-state index contributed by atoms with van der Waals surface area (Å²) in [6, 6.07) is 1.41. The van der Waals surface area contributed by atoms with E-state index in [2.05, 4.69) is 0 Å². The Labute approximate surface area is 86.6 Å². The third-order valence-corrected chi connectivity index (χ3v) is 2.97. The molecule has 1 fully saturated rings. The Balaban J connectivity index is 2.65. The van der Waals surface area contributed by atoms with Gasteiger partial charge in [-0.25, -0.2) is 0 Å². The van der Waals surface area contributed by atoms with E-state index < -0.39 is 5.60 Å². The zero-order valence-corrected chi connectivity index (χ0v) is 8.47. The number of hydrogen-bond donors (Lipinski definition) is 3. The number of aromatic hydroxyl groups is 2. The average molecular weight is 215 g/mol. The lowest BCUT2D eigenvalue weighted by molar-refractivity contribution is 0.150. The van der Waals surface area contributed by atoms with Gasteiger partial charge in [-0.05, 0) is 31.4 Å². The van der Waals surface area contributed by atoms with E-state index in [1.54, 1.807) is 6.92 Å². The molecule has 0 aliphatic heterocycles. The second kappa shape index (κ2) is 2.78. The third kappa shape index (κ3) is 1.24. The van der Waals surface area contributed by atoms with E-state index in [-0.39, 0.29) is 16.5 Å². The highest BCUT2D eigenvalue weighted by molar-refractivity contribution is 6.33. The lowest BCUT2D eigenvalue weighted by Gasteiger charge is -2.15. The first kappa shape index (κ1) is 9.62. The molecule has 0 unspecified atom stereocenters. The molecule has 4 heteroatoms. The molecular formula is C10H11ClO3. The summed E-state index contributed by atoms with van der Waals surface area (Å²) >= 11 is 5.86. The maximum absolute atomic E-state index is 9.90. The van der Waals surface area contributed by atoms with Crippen molar-refractivity contribution in [3.63, 3.8) is 0 Å². The van der Waals surface area contributed by atoms with Crippen molar-refractivity contribution in [1.82, 2.24) is 0 Å². The monoisotopic (exact) mass is 214 g/mol. The first-order valence-electron chi connectivity index (χ1n) is 4.39. The second-order valence-corrected chi connectivity index (χ2v) is 4.16. The number of phenols is 2. The minimum absolute atomic E-state index is 0.0579. The van der Waals surface area contributed by atoms with Gasteiger partial charge in [0.15, 0.2) is 11.5 Å². The summed E-state index contributed by atoms with van der Waals surface area (Å²) in [4.78, 5) is 0. The summed E-state index contributed by atoms with van der Waals surface area (Å²) in [5.74, 6) is -0.604. The van der Waals surface area contributed by atoms with Crippen molar-refractivity contribution in [3.05, 3.63) is 22.2 Å². The topological polar surface area (TPSA) is 60.7 Å². The standard InChI is InChI=1S/C10H11ClO3/c1-5-4-6(12)9(13)8(11)7(5)10(14)2-3-10/h4,12-14H,2-3H2,1H3. The number of benzene rings is 1. The lowest BCUT2D eigenvalue weighted by Crippen LogP contribution is -2.07. The van der Waals surface area contributed by atoms with Crippen molar-refractivity contribution in [2.75, 3.05) is 0 Å². The maximum Gasteiger partial charge on any atom is 0.176 e. The van der Waals surface area contributed by atoms with Crippen LogP contribution in [-0.2, 0) is 5.60 Å². The molecular weight excluding hydrogens is 204 g/mol. The molecule has 1 saturated carbocycles. The molecule has 0 aromatic heterocycles. The molecule has 0 heterocycles. The minimum atomic E-state index is -0.896. The number of phenolic OH excluding ortho intramolecular Hbond substituents is 2. The molecule has 3 nitrogen and oxygen atoms in total. The molecule has 14 heavy (non-hydrogen) atoms. The molecule has 1 aliphatic rings. The van der Waals surface area contributed by atoms with Gasteiger partial charge in [-0.2, -0.15) is 0 Å². The van der Waals surface area contributed by atoms with Crippen LogP contribution in [0.5, 0.6) is 11.5 Å². The highest BCUT2D eigenvalue weighted by Gasteiger charge is 2.45. The van der Waals surface area contributed by atoms with Gasteiger partial charge in [-0.3, -0.25) is 0 Å². The Morgan fingerprint density at radius 3 is 2.43 bits per heavy atom. The number of halogens is 1. The van der Waals surface area contributed by atoms with Crippen LogP contribution in [0.15, 0.2) is 6.07 Å². The summed E-state index contributed by atoms with van der Waals surface area (Å²) in [5, 5.41) is 28.6. The third-order valence-electron chi connectivity index (χ3n) is 2.61. The Kier molecular flexibility index (Phi) is 1.91. The molecule has 0 atom stereocenters. The van der Waals surface area contributed by atoms with Crippen molar-refractivity contribution < 1.29 is 15.3 Å². The minimum Gasteiger partial charge on any atom is -0.504 e. The molecule has 2 rings (SSSR count). The van der Waals surface area contributed by atoms with Crippen LogP contribution in [0.2, 0.25) is 5.02 Å². The molecule has 3 N–H and O–H groups in total. The van der Waals surface area contributed by atoms with E-state index >= 15 is 0 Å². The van der Waals surface area contributed by atoms with Gasteiger partial charge in [-0.15, -0.1) is 0 Å². The molecule has 1 aromatic carbocycles. The lowest BCUT2D eigenvalue weighted by atomic mass is 10.0. The zero-order chi connectivity index (χ0) is 10.5. The molecule has 76 valence electrons. The van der Waals surface area contributed by atoms with Gasteiger partial charge < -0.3 is 15.3 Å². The Hall–Kier alpha value is -0.930. The molecule has 1 aromatic rings. The highest BCUT2D eigenvalue weighted by atomic mass is 35.5. The van der Waals surface area contributed by atoms with Gasteiger partial charge in [0.25, 0.3) is 0 Å². The summed E-state index contributed by atoms with van der Waals surface area (Å²) in [6.45, 7) is 1.75. The maximum atomic E-state index is 9.90. The van der Waals surface area contributed by atoms with Crippen molar-refractivity contribution in [2.45, 2.75) is 25.4 Å². The van der Waals surface area contributed by atoms with Crippen LogP contribution < -0.4 is 0 Å². The van der Waals surface area contributed by atoms with Crippen LogP contribution in [-0.4, -0.2) is 15.3 Å². The number of rotatable bonds is 1. The number of aliphatic hydroxyl groups is 1. The Bertz CT molecular complexity index is 397. The number of hydrogen-bond acceptors (Lipinski definition) is 3. The van der Waals surface area contributed by atoms with E-state index in [1.165, 1.54) is 6.07 Å². The van der Waals surface area contributed by atoms with E-state index in [1.807, 2.05) is 0 Å². The van der Waals surface area contributed by atoms with Crippen LogP contribution in [0.4, 0.5) is 0 Å². The van der Waals surface area contributed by atoms with Crippen molar-refractivity contribution >= 4 is 11.6 Å². The fraction of sp³-hybridized carbons (Fsp3) is 0.400. The second-order valence-electron chi connectivity index (χ2n) is 3.78. The van der Waals surface area contributed by atoms with Gasteiger partial charge in [0.05, 0.1) is 10.6 Å². The first-order valence-corrected chi connectivity index (χ1v) is 4.77. The van der Waals surface area contributed by atoms with Gasteiger partial charge in [0.1, 0.15) is 0 Å². The van der Waals surface area contributed by atoms with Crippen molar-refractivity contribution in [2.24, 2.45) is 0 Å². The molecule has 1 aliphatic carbocycles. The van der Waals surface area contributed by atoms with Crippen LogP contribution in [0.1, 0.15) is 24.0 Å². The van der Waals surface area contributed by atoms with Crippen LogP contribution >= 0.6 is 11.6 Å². The fourth-order valence-electron chi connectivity index (χ4n) is 1.69. The van der Waals surface area contributed by atoms with E-state index in [0.29, 0.717) is 24.0 Å². The Morgan fingerprint density at radius 2 is 1.93 bits per heavy atom. The average Bonchev–Trinajstić information content (AvgIpc) is 2.80. The number of aryl methyl sites for hydroxylation is 1. The zero-order valence-electron chi connectivity index (χ0n) is 7.71. The molecule has 0 amide bonds. The van der Waals surface area contributed by atoms with Gasteiger partial charge in [0.2, 0.25) is 0 Å². The molecule has 0 saturated heterocycles. The quantitative estimate of drug-likeness (QED) is 0.627. The molecule has 0 bridgehead atoms. The van der Waals surface area contributed by atoms with Crippen molar-refractivity contribution in [3.8, 4) is 11.5 Å². The molecule has 0 spiro atoms. The van der Waals surface area contributed by atoms with Crippen molar-refractivity contribution in [1.29, 1.82) is 0 Å². The van der Waals surface area contributed by atoms with E-state index in [4.69, 9.17) is 11.6 Å². The summed E-state index contributed by atoms with van der Waals surface area (Å²) in [7, 11) is 0. The van der Waals surface area contributed by atoms with Crippen LogP contribution in [0, 0.1) is 6.92 Å². The van der Waals surface area contributed by atoms with E-state index in [9.17, 15) is 15.3 Å². The first-order chi connectivity index (χ1) is 6.46. The predicted octanol–water partition coefficient (Wildman–Crippen LogP) is 2.04. The Morgan fingerprint density at radius 1 is 1.36 bits per heavy atom. The van der Waals surface area contributed by atoms with Gasteiger partial charge in [0, 0.05) is 5.56 Å². The van der Waals surface area contributed by atoms with Crippen LogP contribution in [0.25, 0.3) is 0 Å². The summed E-state index contributed by atoms with van der Waals surface area (Å²) in [5.41, 5.74) is 0.339. The van der Waals surface area contributed by atoms with Gasteiger partial charge >= 0.3 is 0 Å². The van der Waals surface area contributed by atoms with E-state index in [0.717, 1.165) is 0 Å². The molecule has 0 radical (unpaired) electrons. The summed E-state index contributed by atoms with van der Waals surface area (Å²) in [6.07, 6.45) is 1.30. The SMILES string of the molecule is Cc1cc(O)c(O)c(Cl)c1C1(O)CC1. The summed E-state index contributed by atoms with van der Waals surface area (Å²) < 4.78 is 0. The highest BCUT2D eigenvalue weighted by Crippen LogP contribution is 2.52. The largest absolute Gasteiger partial charge is 0.504 e. The normalized spacial score (nSPS) is 18.2. The smallest absolute Gasteiger partial charge is 0.176 e. The fourth-order valence-corrected chi connectivity index (χ4v) is 2.11.